The van der Waals surface area contributed by atoms with Gasteiger partial charge < -0.3 is 15.0 Å². The molecule has 0 radical (unpaired) electrons. The van der Waals surface area contributed by atoms with Crippen LogP contribution in [0.5, 0.6) is 0 Å². The summed E-state index contributed by atoms with van der Waals surface area (Å²) in [6.07, 6.45) is 5.27. The van der Waals surface area contributed by atoms with Gasteiger partial charge >= 0.3 is 0 Å². The largest absolute Gasteiger partial charge is 0.378 e. The molecule has 0 aromatic rings. The van der Waals surface area contributed by atoms with Gasteiger partial charge in [-0.2, -0.15) is 0 Å². The zero-order valence-corrected chi connectivity index (χ0v) is 12.7. The molecule has 0 aromatic carbocycles. The van der Waals surface area contributed by atoms with Crippen molar-refractivity contribution in [1.29, 1.82) is 0 Å². The van der Waals surface area contributed by atoms with Crippen molar-refractivity contribution in [1.82, 2.24) is 10.2 Å². The van der Waals surface area contributed by atoms with Crippen LogP contribution in [-0.2, 0) is 9.53 Å². The summed E-state index contributed by atoms with van der Waals surface area (Å²) in [6.45, 7) is 7.62. The van der Waals surface area contributed by atoms with Crippen molar-refractivity contribution in [3.63, 3.8) is 0 Å². The first-order chi connectivity index (χ1) is 9.05. The van der Waals surface area contributed by atoms with E-state index >= 15 is 0 Å². The van der Waals surface area contributed by atoms with E-state index in [-0.39, 0.29) is 11.9 Å². The summed E-state index contributed by atoms with van der Waals surface area (Å²) >= 11 is 0. The molecule has 4 nitrogen and oxygen atoms in total. The van der Waals surface area contributed by atoms with Crippen LogP contribution in [0.4, 0.5) is 0 Å². The highest BCUT2D eigenvalue weighted by Gasteiger charge is 2.59. The van der Waals surface area contributed by atoms with Crippen molar-refractivity contribution >= 4 is 5.91 Å². The van der Waals surface area contributed by atoms with E-state index in [1.54, 1.807) is 4.90 Å². The van der Waals surface area contributed by atoms with Crippen molar-refractivity contribution in [3.8, 4) is 0 Å². The van der Waals surface area contributed by atoms with Crippen molar-refractivity contribution in [2.24, 2.45) is 5.41 Å². The number of carbonyl (C=O) groups is 1. The van der Waals surface area contributed by atoms with Gasteiger partial charge in [0.15, 0.2) is 0 Å². The molecule has 2 aliphatic carbocycles. The molecule has 0 heterocycles. The predicted octanol–water partition coefficient (Wildman–Crippen LogP) is 1.79. The molecule has 2 saturated carbocycles. The molecule has 110 valence electrons. The summed E-state index contributed by atoms with van der Waals surface area (Å²) in [5, 5.41) is 3.54. The molecule has 3 atom stereocenters. The van der Waals surface area contributed by atoms with E-state index in [0.29, 0.717) is 17.6 Å². The Morgan fingerprint density at radius 1 is 1.47 bits per heavy atom. The van der Waals surface area contributed by atoms with E-state index in [1.807, 2.05) is 20.9 Å². The first kappa shape index (κ1) is 14.8. The second-order valence-corrected chi connectivity index (χ2v) is 6.06. The van der Waals surface area contributed by atoms with Gasteiger partial charge in [-0.15, -0.1) is 0 Å². The molecule has 1 N–H and O–H groups in total. The Kier molecular flexibility index (Phi) is 4.51. The summed E-state index contributed by atoms with van der Waals surface area (Å²) in [5.74, 6) is 0.192. The Labute approximate surface area is 116 Å². The van der Waals surface area contributed by atoms with Crippen LogP contribution in [-0.4, -0.2) is 49.2 Å². The fourth-order valence-corrected chi connectivity index (χ4v) is 3.53. The maximum atomic E-state index is 12.1. The van der Waals surface area contributed by atoms with Crippen LogP contribution >= 0.6 is 0 Å². The van der Waals surface area contributed by atoms with Crippen LogP contribution in [0.25, 0.3) is 0 Å². The topological polar surface area (TPSA) is 41.6 Å². The number of hydrogen-bond donors (Lipinski definition) is 1. The average molecular weight is 268 g/mol. The van der Waals surface area contributed by atoms with Crippen molar-refractivity contribution in [2.75, 3.05) is 20.2 Å². The molecule has 1 amide bonds. The van der Waals surface area contributed by atoms with E-state index in [4.69, 9.17) is 4.74 Å². The number of amides is 1. The fraction of sp³-hybridized carbons (Fsp3) is 0.933. The molecular formula is C15H28N2O2. The number of nitrogens with zero attached hydrogens (tertiary/aromatic N) is 1. The number of likely N-dealkylation sites (N-methyl/N-ethyl adjacent to an activating group) is 1. The van der Waals surface area contributed by atoms with Crippen molar-refractivity contribution < 1.29 is 9.53 Å². The highest BCUT2D eigenvalue weighted by Crippen LogP contribution is 2.57. The van der Waals surface area contributed by atoms with Crippen LogP contribution in [0.1, 0.15) is 46.5 Å². The van der Waals surface area contributed by atoms with Gasteiger partial charge in [-0.1, -0.05) is 6.42 Å². The maximum absolute atomic E-state index is 12.1. The van der Waals surface area contributed by atoms with E-state index in [2.05, 4.69) is 12.2 Å². The molecule has 2 fully saturated rings. The second kappa shape index (κ2) is 5.80. The highest BCUT2D eigenvalue weighted by atomic mass is 16.5. The molecule has 2 aliphatic rings. The van der Waals surface area contributed by atoms with Crippen LogP contribution in [0.2, 0.25) is 0 Å². The van der Waals surface area contributed by atoms with Crippen LogP contribution < -0.4 is 5.32 Å². The molecular weight excluding hydrogens is 240 g/mol. The first-order valence-corrected chi connectivity index (χ1v) is 7.67. The summed E-state index contributed by atoms with van der Waals surface area (Å²) in [5.41, 5.74) is 0.329. The number of rotatable bonds is 6. The van der Waals surface area contributed by atoms with E-state index < -0.39 is 0 Å². The van der Waals surface area contributed by atoms with Crippen molar-refractivity contribution in [3.05, 3.63) is 0 Å². The number of ether oxygens (including phenoxy) is 1. The molecule has 2 rings (SSSR count). The van der Waals surface area contributed by atoms with Crippen molar-refractivity contribution in [2.45, 2.75) is 64.6 Å². The Morgan fingerprint density at radius 3 is 2.63 bits per heavy atom. The van der Waals surface area contributed by atoms with Gasteiger partial charge in [-0.05, 0) is 40.0 Å². The fourth-order valence-electron chi connectivity index (χ4n) is 3.53. The average Bonchev–Trinajstić information content (AvgIpc) is 2.33. The van der Waals surface area contributed by atoms with E-state index in [0.717, 1.165) is 19.6 Å². The van der Waals surface area contributed by atoms with E-state index in [1.165, 1.54) is 19.3 Å². The smallest absolute Gasteiger partial charge is 0.239 e. The molecule has 0 saturated heterocycles. The zero-order valence-electron chi connectivity index (χ0n) is 12.7. The van der Waals surface area contributed by atoms with E-state index in [9.17, 15) is 4.79 Å². The van der Waals surface area contributed by atoms with Crippen LogP contribution in [0.3, 0.4) is 0 Å². The Bertz CT molecular complexity index is 328. The maximum Gasteiger partial charge on any atom is 0.239 e. The van der Waals surface area contributed by atoms with Gasteiger partial charge in [-0.3, -0.25) is 4.79 Å². The summed E-state index contributed by atoms with van der Waals surface area (Å²) in [6, 6.07) is 0.372. The first-order valence-electron chi connectivity index (χ1n) is 7.67. The lowest BCUT2D eigenvalue weighted by Crippen LogP contribution is -2.69. The Morgan fingerprint density at radius 2 is 2.16 bits per heavy atom. The van der Waals surface area contributed by atoms with Crippen LogP contribution in [0.15, 0.2) is 0 Å². The lowest BCUT2D eigenvalue weighted by molar-refractivity contribution is -0.176. The van der Waals surface area contributed by atoms with Crippen LogP contribution in [0, 0.1) is 5.41 Å². The lowest BCUT2D eigenvalue weighted by atomic mass is 9.51. The third-order valence-corrected chi connectivity index (χ3v) is 5.11. The predicted molar refractivity (Wildman–Crippen MR) is 76.0 cm³/mol. The minimum Gasteiger partial charge on any atom is -0.378 e. The standard InChI is InChI=1S/C15H28N2O2/c1-5-17(4)14(18)11(3)16-12-10-13(19-6-2)15(12)8-7-9-15/h11-13,16H,5-10H2,1-4H3. The van der Waals surface area contributed by atoms with Gasteiger partial charge in [-0.25, -0.2) is 0 Å². The quantitative estimate of drug-likeness (QED) is 0.798. The van der Waals surface area contributed by atoms with Gasteiger partial charge in [0.25, 0.3) is 0 Å². The van der Waals surface area contributed by atoms with Gasteiger partial charge in [0.1, 0.15) is 0 Å². The minimum atomic E-state index is -0.0880. The molecule has 0 aliphatic heterocycles. The molecule has 3 unspecified atom stereocenters. The second-order valence-electron chi connectivity index (χ2n) is 6.06. The monoisotopic (exact) mass is 268 g/mol. The summed E-state index contributed by atoms with van der Waals surface area (Å²) in [4.78, 5) is 13.9. The molecule has 0 aromatic heterocycles. The summed E-state index contributed by atoms with van der Waals surface area (Å²) < 4.78 is 5.84. The number of nitrogens with one attached hydrogen (secondary N) is 1. The van der Waals surface area contributed by atoms with Gasteiger partial charge in [0, 0.05) is 31.7 Å². The summed E-state index contributed by atoms with van der Waals surface area (Å²) in [7, 11) is 1.86. The normalized spacial score (nSPS) is 29.5. The third kappa shape index (κ3) is 2.52. The molecule has 4 heteroatoms. The number of hydrogen-bond acceptors (Lipinski definition) is 3. The molecule has 19 heavy (non-hydrogen) atoms. The zero-order chi connectivity index (χ0) is 14.0. The van der Waals surface area contributed by atoms with Gasteiger partial charge in [0.05, 0.1) is 12.1 Å². The minimum absolute atomic E-state index is 0.0880. The Hall–Kier alpha value is -0.610. The lowest BCUT2D eigenvalue weighted by Gasteiger charge is -2.61. The third-order valence-electron chi connectivity index (χ3n) is 5.11. The Balaban J connectivity index is 1.88. The SMILES string of the molecule is CCOC1CC(NC(C)C(=O)N(C)CC)C12CCC2. The molecule has 1 spiro atoms. The van der Waals surface area contributed by atoms with Gasteiger partial charge in [0.2, 0.25) is 5.91 Å². The molecule has 0 bridgehead atoms. The number of carbonyl (C=O) groups excluding carboxylic acids is 1. The highest BCUT2D eigenvalue weighted by molar-refractivity contribution is 5.81.